The Kier molecular flexibility index (Phi) is 8.01. The number of halogens is 1. The highest BCUT2D eigenvalue weighted by Gasteiger charge is 2.19. The van der Waals surface area contributed by atoms with Crippen molar-refractivity contribution in [3.8, 4) is 5.88 Å². The molecule has 3 N–H and O–H groups in total. The second-order valence-corrected chi connectivity index (χ2v) is 9.47. The summed E-state index contributed by atoms with van der Waals surface area (Å²) in [6.07, 6.45) is -0.0885. The summed E-state index contributed by atoms with van der Waals surface area (Å²) in [6.45, 7) is 2.74. The van der Waals surface area contributed by atoms with Crippen molar-refractivity contribution in [2.24, 2.45) is 4.99 Å². The first-order valence-electron chi connectivity index (χ1n) is 12.0. The molecule has 7 nitrogen and oxygen atoms in total. The molecule has 0 fully saturated rings. The molecule has 0 aliphatic heterocycles. The zero-order valence-electron chi connectivity index (χ0n) is 21.2. The molecule has 0 radical (unpaired) electrons. The van der Waals surface area contributed by atoms with Gasteiger partial charge in [0.2, 0.25) is 0 Å². The molecule has 8 heteroatoms. The molecule has 0 aliphatic rings. The molecule has 0 saturated carbocycles. The number of likely N-dealkylation sites (N-methyl/N-ethyl adjacent to an activating group) is 2. The normalized spacial score (nSPS) is 12.1. The topological polar surface area (TPSA) is 92.2 Å². The Morgan fingerprint density at radius 1 is 0.946 bits per heavy atom. The van der Waals surface area contributed by atoms with Crippen LogP contribution in [0.5, 0.6) is 5.88 Å². The number of carbonyl (C=O) groups is 1. The van der Waals surface area contributed by atoms with Crippen molar-refractivity contribution in [2.45, 2.75) is 13.0 Å². The van der Waals surface area contributed by atoms with E-state index in [1.165, 1.54) is 12.1 Å². The summed E-state index contributed by atoms with van der Waals surface area (Å²) in [4.78, 5) is 23.2. The number of carboxylic acids is 1. The molecule has 4 rings (SSSR count). The monoisotopic (exact) mass is 502 g/mol. The van der Waals surface area contributed by atoms with Gasteiger partial charge in [-0.1, -0.05) is 36.4 Å². The van der Waals surface area contributed by atoms with E-state index in [9.17, 15) is 14.3 Å². The molecule has 0 unspecified atom stereocenters. The van der Waals surface area contributed by atoms with E-state index in [4.69, 9.17) is 10.1 Å². The van der Waals surface area contributed by atoms with Crippen molar-refractivity contribution in [1.29, 1.82) is 0 Å². The van der Waals surface area contributed by atoms with Gasteiger partial charge in [0, 0.05) is 30.6 Å². The number of fused-ring (bicyclic) bond motifs is 1. The number of aromatic nitrogens is 1. The van der Waals surface area contributed by atoms with Gasteiger partial charge in [-0.05, 0) is 62.6 Å². The van der Waals surface area contributed by atoms with Crippen LogP contribution in [0, 0.1) is 5.82 Å². The van der Waals surface area contributed by atoms with Gasteiger partial charge < -0.3 is 25.0 Å². The van der Waals surface area contributed by atoms with E-state index >= 15 is 0 Å². The Morgan fingerprint density at radius 2 is 1.62 bits per heavy atom. The number of benzene rings is 3. The molecule has 0 bridgehead atoms. The fourth-order valence-corrected chi connectivity index (χ4v) is 4.18. The maximum atomic E-state index is 13.8. The van der Waals surface area contributed by atoms with Crippen molar-refractivity contribution in [3.63, 3.8) is 0 Å². The molecule has 0 spiro atoms. The number of hydrogen-bond donors (Lipinski definition) is 3. The van der Waals surface area contributed by atoms with E-state index < -0.39 is 11.8 Å². The maximum absolute atomic E-state index is 13.8. The lowest BCUT2D eigenvalue weighted by molar-refractivity contribution is -0.136. The van der Waals surface area contributed by atoms with Crippen LogP contribution in [0.15, 0.2) is 71.7 Å². The van der Waals surface area contributed by atoms with Gasteiger partial charge >= 0.3 is 5.97 Å². The predicted molar refractivity (Wildman–Crippen MR) is 144 cm³/mol. The van der Waals surface area contributed by atoms with Crippen molar-refractivity contribution in [2.75, 3.05) is 34.2 Å². The second-order valence-electron chi connectivity index (χ2n) is 9.47. The summed E-state index contributed by atoms with van der Waals surface area (Å²) in [6, 6.07) is 19.2. The number of hydrogen-bond acceptors (Lipinski definition) is 5. The van der Waals surface area contributed by atoms with Crippen LogP contribution < -0.4 is 0 Å². The van der Waals surface area contributed by atoms with Gasteiger partial charge in [-0.25, -0.2) is 9.38 Å². The lowest BCUT2D eigenvalue weighted by Crippen LogP contribution is -2.28. The van der Waals surface area contributed by atoms with Crippen molar-refractivity contribution in [3.05, 3.63) is 94.8 Å². The van der Waals surface area contributed by atoms with Crippen LogP contribution in [0.25, 0.3) is 10.9 Å². The van der Waals surface area contributed by atoms with E-state index in [1.807, 2.05) is 24.3 Å². The standard InChI is InChI=1S/C29H31FN4O3/c1-33(2)14-15-34(3)18-20-6-11-23(12-7-20)31-28(21-8-4-19(5-9-21)16-26(35)36)27-24-13-10-22(30)17-25(24)32-29(27)37/h4-13,17,32,37H,14-16,18H2,1-3H3,(H,35,36). The Balaban J connectivity index is 1.71. The summed E-state index contributed by atoms with van der Waals surface area (Å²) in [7, 11) is 6.20. The Bertz CT molecular complexity index is 1410. The molecule has 0 aliphatic carbocycles. The number of aliphatic imine (C=N–C) groups is 1. The quantitative estimate of drug-likeness (QED) is 0.271. The fourth-order valence-electron chi connectivity index (χ4n) is 4.18. The molecule has 0 atom stereocenters. The zero-order chi connectivity index (χ0) is 26.5. The third-order valence-corrected chi connectivity index (χ3v) is 6.12. The van der Waals surface area contributed by atoms with Crippen LogP contribution in [0.4, 0.5) is 10.1 Å². The second kappa shape index (κ2) is 11.4. The van der Waals surface area contributed by atoms with E-state index in [0.717, 1.165) is 25.2 Å². The summed E-state index contributed by atoms with van der Waals surface area (Å²) in [5.41, 5.74) is 4.61. The van der Waals surface area contributed by atoms with Crippen LogP contribution in [-0.2, 0) is 17.8 Å². The third kappa shape index (κ3) is 6.61. The molecule has 1 heterocycles. The largest absolute Gasteiger partial charge is 0.494 e. The Morgan fingerprint density at radius 3 is 2.27 bits per heavy atom. The number of nitrogens with zero attached hydrogens (tertiary/aromatic N) is 3. The van der Waals surface area contributed by atoms with E-state index in [1.54, 1.807) is 30.3 Å². The highest BCUT2D eigenvalue weighted by molar-refractivity contribution is 6.21. The first-order chi connectivity index (χ1) is 17.7. The van der Waals surface area contributed by atoms with E-state index in [2.05, 4.69) is 35.9 Å². The number of H-pyrrole nitrogens is 1. The number of rotatable bonds is 10. The SMILES string of the molecule is CN(C)CCN(C)Cc1ccc(N=C(c2ccc(CC(=O)O)cc2)c2c(O)[nH]c3cc(F)ccc23)cc1. The molecular formula is C29H31FN4O3. The minimum atomic E-state index is -0.912. The predicted octanol–water partition coefficient (Wildman–Crippen LogP) is 4.80. The number of aliphatic carboxylic acids is 1. The van der Waals surface area contributed by atoms with E-state index in [-0.39, 0.29) is 12.3 Å². The van der Waals surface area contributed by atoms with Crippen molar-refractivity contribution >= 4 is 28.3 Å². The zero-order valence-corrected chi connectivity index (χ0v) is 21.2. The molecule has 192 valence electrons. The lowest BCUT2D eigenvalue weighted by Gasteiger charge is -2.19. The molecule has 3 aromatic carbocycles. The molecule has 1 aromatic heterocycles. The van der Waals surface area contributed by atoms with Crippen LogP contribution in [0.1, 0.15) is 22.3 Å². The van der Waals surface area contributed by atoms with Crippen LogP contribution in [0.2, 0.25) is 0 Å². The molecule has 0 saturated heterocycles. The average molecular weight is 503 g/mol. The number of nitrogens with one attached hydrogen (secondary N) is 1. The highest BCUT2D eigenvalue weighted by Crippen LogP contribution is 2.32. The van der Waals surface area contributed by atoms with Crippen LogP contribution >= 0.6 is 0 Å². The minimum Gasteiger partial charge on any atom is -0.494 e. The van der Waals surface area contributed by atoms with Gasteiger partial charge in [-0.3, -0.25) is 4.79 Å². The molecular weight excluding hydrogens is 471 g/mol. The number of carboxylic acid groups (broad SMARTS) is 1. The lowest BCUT2D eigenvalue weighted by atomic mass is 9.99. The smallest absolute Gasteiger partial charge is 0.307 e. The number of aromatic hydroxyl groups is 1. The van der Waals surface area contributed by atoms with Crippen LogP contribution in [-0.4, -0.2) is 70.9 Å². The van der Waals surface area contributed by atoms with Gasteiger partial charge in [-0.15, -0.1) is 0 Å². The summed E-state index contributed by atoms with van der Waals surface area (Å²) >= 11 is 0. The Labute approximate surface area is 215 Å². The highest BCUT2D eigenvalue weighted by atomic mass is 19.1. The molecule has 37 heavy (non-hydrogen) atoms. The Hall–Kier alpha value is -4.01. The number of aromatic amines is 1. The minimum absolute atomic E-state index is 0.0885. The van der Waals surface area contributed by atoms with Gasteiger partial charge in [0.05, 0.1) is 28.9 Å². The van der Waals surface area contributed by atoms with Gasteiger partial charge in [0.1, 0.15) is 5.82 Å². The van der Waals surface area contributed by atoms with Crippen molar-refractivity contribution in [1.82, 2.24) is 14.8 Å². The van der Waals surface area contributed by atoms with Gasteiger partial charge in [-0.2, -0.15) is 0 Å². The summed E-state index contributed by atoms with van der Waals surface area (Å²) < 4.78 is 13.8. The summed E-state index contributed by atoms with van der Waals surface area (Å²) in [5, 5.41) is 20.5. The van der Waals surface area contributed by atoms with Crippen LogP contribution in [0.3, 0.4) is 0 Å². The first kappa shape index (κ1) is 26.1. The van der Waals surface area contributed by atoms with Crippen molar-refractivity contribution < 1.29 is 19.4 Å². The first-order valence-corrected chi connectivity index (χ1v) is 12.0. The molecule has 0 amide bonds. The average Bonchev–Trinajstić information content (AvgIpc) is 3.17. The maximum Gasteiger partial charge on any atom is 0.307 e. The van der Waals surface area contributed by atoms with Gasteiger partial charge in [0.15, 0.2) is 5.88 Å². The van der Waals surface area contributed by atoms with Gasteiger partial charge in [0.25, 0.3) is 0 Å². The fraction of sp³-hybridized carbons (Fsp3) is 0.241. The summed E-state index contributed by atoms with van der Waals surface area (Å²) in [5.74, 6) is -1.44. The van der Waals surface area contributed by atoms with E-state index in [0.29, 0.717) is 39.0 Å². The molecule has 4 aromatic rings. The third-order valence-electron chi connectivity index (χ3n) is 6.12.